The van der Waals surface area contributed by atoms with Gasteiger partial charge < -0.3 is 9.47 Å². The number of hydrogen-bond donors (Lipinski definition) is 0. The molecule has 1 aliphatic heterocycles. The predicted molar refractivity (Wildman–Crippen MR) is 69.7 cm³/mol. The van der Waals surface area contributed by atoms with Gasteiger partial charge in [-0.2, -0.15) is 5.10 Å². The van der Waals surface area contributed by atoms with Gasteiger partial charge in [0.25, 0.3) is 0 Å². The summed E-state index contributed by atoms with van der Waals surface area (Å²) < 4.78 is 12.2. The van der Waals surface area contributed by atoms with Gasteiger partial charge in [0, 0.05) is 19.6 Å². The van der Waals surface area contributed by atoms with E-state index in [9.17, 15) is 4.79 Å². The van der Waals surface area contributed by atoms with Gasteiger partial charge in [0.1, 0.15) is 6.04 Å². The molecule has 1 aromatic heterocycles. The van der Waals surface area contributed by atoms with Crippen LogP contribution in [0, 0.1) is 6.92 Å². The highest BCUT2D eigenvalue weighted by Gasteiger charge is 2.30. The van der Waals surface area contributed by atoms with E-state index in [1.54, 1.807) is 0 Å². The molecule has 19 heavy (non-hydrogen) atoms. The number of aromatic nitrogens is 2. The number of hydrogen-bond acceptors (Lipinski definition) is 5. The van der Waals surface area contributed by atoms with Crippen LogP contribution in [0.25, 0.3) is 0 Å². The van der Waals surface area contributed by atoms with Gasteiger partial charge in [-0.15, -0.1) is 0 Å². The fourth-order valence-electron chi connectivity index (χ4n) is 2.39. The monoisotopic (exact) mass is 267 g/mol. The first-order chi connectivity index (χ1) is 9.15. The minimum atomic E-state index is -0.320. The van der Waals surface area contributed by atoms with E-state index in [4.69, 9.17) is 9.47 Å². The van der Waals surface area contributed by atoms with Gasteiger partial charge in [0.15, 0.2) is 0 Å². The van der Waals surface area contributed by atoms with Crippen molar-refractivity contribution in [3.63, 3.8) is 0 Å². The molecule has 1 aliphatic rings. The Hall–Kier alpha value is -1.40. The second kappa shape index (κ2) is 6.16. The Bertz CT molecular complexity index is 444. The highest BCUT2D eigenvalue weighted by Crippen LogP contribution is 2.14. The van der Waals surface area contributed by atoms with Crippen LogP contribution >= 0.6 is 0 Å². The van der Waals surface area contributed by atoms with Crippen molar-refractivity contribution in [2.24, 2.45) is 0 Å². The van der Waals surface area contributed by atoms with Crippen LogP contribution in [0.1, 0.15) is 18.3 Å². The van der Waals surface area contributed by atoms with Crippen LogP contribution in [0.15, 0.2) is 6.07 Å². The number of carbonyl (C=O) groups excluding carboxylic acids is 1. The third kappa shape index (κ3) is 3.13. The number of morpholine rings is 1. The van der Waals surface area contributed by atoms with Crippen molar-refractivity contribution < 1.29 is 14.3 Å². The van der Waals surface area contributed by atoms with E-state index in [0.717, 1.165) is 24.5 Å². The quantitative estimate of drug-likeness (QED) is 0.747. The van der Waals surface area contributed by atoms with E-state index < -0.39 is 0 Å². The first-order valence-corrected chi connectivity index (χ1v) is 6.58. The Morgan fingerprint density at radius 3 is 3.11 bits per heavy atom. The summed E-state index contributed by atoms with van der Waals surface area (Å²) in [7, 11) is 1.41. The molecule has 106 valence electrons. The molecule has 1 saturated heterocycles. The second-order valence-electron chi connectivity index (χ2n) is 4.68. The molecular formula is C13H21N3O3. The summed E-state index contributed by atoms with van der Waals surface area (Å²) in [5, 5.41) is 4.43. The molecule has 0 aromatic carbocycles. The third-order valence-corrected chi connectivity index (χ3v) is 3.36. The maximum absolute atomic E-state index is 11.8. The maximum atomic E-state index is 11.8. The van der Waals surface area contributed by atoms with Crippen molar-refractivity contribution in [2.75, 3.05) is 26.9 Å². The molecule has 2 rings (SSSR count). The van der Waals surface area contributed by atoms with Crippen molar-refractivity contribution in [3.8, 4) is 0 Å². The Balaban J connectivity index is 2.12. The van der Waals surface area contributed by atoms with Crippen molar-refractivity contribution in [1.29, 1.82) is 0 Å². The number of nitrogens with zero attached hydrogens (tertiary/aromatic N) is 3. The largest absolute Gasteiger partial charge is 0.468 e. The molecule has 0 N–H and O–H groups in total. The fraction of sp³-hybridized carbons (Fsp3) is 0.692. The number of esters is 1. The zero-order chi connectivity index (χ0) is 13.8. The first-order valence-electron chi connectivity index (χ1n) is 6.58. The first kappa shape index (κ1) is 14.0. The van der Waals surface area contributed by atoms with Crippen molar-refractivity contribution in [2.45, 2.75) is 33.0 Å². The van der Waals surface area contributed by atoms with Crippen LogP contribution in [0.3, 0.4) is 0 Å². The Morgan fingerprint density at radius 1 is 1.63 bits per heavy atom. The highest BCUT2D eigenvalue weighted by atomic mass is 16.5. The van der Waals surface area contributed by atoms with Gasteiger partial charge in [0.2, 0.25) is 0 Å². The van der Waals surface area contributed by atoms with Crippen LogP contribution < -0.4 is 0 Å². The number of methoxy groups -OCH3 is 1. The molecule has 0 saturated carbocycles. The number of carbonyl (C=O) groups is 1. The van der Waals surface area contributed by atoms with E-state index in [1.807, 2.05) is 11.6 Å². The molecule has 6 heteroatoms. The predicted octanol–water partition coefficient (Wildman–Crippen LogP) is 0.585. The number of ether oxygens (including phenoxy) is 2. The average Bonchev–Trinajstić information content (AvgIpc) is 2.78. The van der Waals surface area contributed by atoms with Crippen LogP contribution in [0.2, 0.25) is 0 Å². The van der Waals surface area contributed by atoms with Crippen LogP contribution in [0.5, 0.6) is 0 Å². The summed E-state index contributed by atoms with van der Waals surface area (Å²) in [5.74, 6) is -0.237. The van der Waals surface area contributed by atoms with Crippen molar-refractivity contribution >= 4 is 5.97 Å². The van der Waals surface area contributed by atoms with Crippen molar-refractivity contribution in [1.82, 2.24) is 14.7 Å². The Kier molecular flexibility index (Phi) is 4.55. The topological polar surface area (TPSA) is 56.6 Å². The molecule has 0 radical (unpaired) electrons. The Labute approximate surface area is 113 Å². The van der Waals surface area contributed by atoms with E-state index in [0.29, 0.717) is 19.8 Å². The van der Waals surface area contributed by atoms with E-state index in [-0.39, 0.29) is 12.0 Å². The van der Waals surface area contributed by atoms with Crippen LogP contribution in [-0.2, 0) is 27.4 Å². The zero-order valence-corrected chi connectivity index (χ0v) is 11.8. The van der Waals surface area contributed by atoms with Gasteiger partial charge in [0.05, 0.1) is 31.7 Å². The summed E-state index contributed by atoms with van der Waals surface area (Å²) in [5.41, 5.74) is 2.12. The molecule has 0 bridgehead atoms. The third-order valence-electron chi connectivity index (χ3n) is 3.36. The van der Waals surface area contributed by atoms with Crippen LogP contribution in [0.4, 0.5) is 0 Å². The average molecular weight is 267 g/mol. The Morgan fingerprint density at radius 2 is 2.42 bits per heavy atom. The minimum absolute atomic E-state index is 0.237. The molecule has 0 spiro atoms. The van der Waals surface area contributed by atoms with E-state index >= 15 is 0 Å². The second-order valence-corrected chi connectivity index (χ2v) is 4.68. The fourth-order valence-corrected chi connectivity index (χ4v) is 2.39. The molecular weight excluding hydrogens is 246 g/mol. The molecule has 1 fully saturated rings. The molecule has 6 nitrogen and oxygen atoms in total. The van der Waals surface area contributed by atoms with Gasteiger partial charge in [-0.1, -0.05) is 0 Å². The van der Waals surface area contributed by atoms with Crippen LogP contribution in [-0.4, -0.2) is 53.6 Å². The molecule has 0 amide bonds. The molecule has 2 heterocycles. The number of aryl methyl sites for hydroxylation is 2. The summed E-state index contributed by atoms with van der Waals surface area (Å²) in [6.07, 6.45) is 0. The summed E-state index contributed by atoms with van der Waals surface area (Å²) >= 11 is 0. The standard InChI is InChI=1S/C13H21N3O3/c1-4-16-11(7-10(2)14-16)8-15-5-6-19-9-12(15)13(17)18-3/h7,12H,4-6,8-9H2,1-3H3. The smallest absolute Gasteiger partial charge is 0.325 e. The normalized spacial score (nSPS) is 20.5. The summed E-state index contributed by atoms with van der Waals surface area (Å²) in [6, 6.07) is 1.74. The minimum Gasteiger partial charge on any atom is -0.468 e. The van der Waals surface area contributed by atoms with Gasteiger partial charge in [-0.25, -0.2) is 0 Å². The summed E-state index contributed by atoms with van der Waals surface area (Å²) in [6.45, 7) is 7.33. The zero-order valence-electron chi connectivity index (χ0n) is 11.8. The molecule has 1 atom stereocenters. The van der Waals surface area contributed by atoms with Gasteiger partial charge in [-0.05, 0) is 19.9 Å². The lowest BCUT2D eigenvalue weighted by Crippen LogP contribution is -2.50. The summed E-state index contributed by atoms with van der Waals surface area (Å²) in [4.78, 5) is 13.9. The molecule has 0 aliphatic carbocycles. The number of rotatable bonds is 4. The lowest BCUT2D eigenvalue weighted by molar-refractivity contribution is -0.153. The van der Waals surface area contributed by atoms with Gasteiger partial charge in [-0.3, -0.25) is 14.4 Å². The highest BCUT2D eigenvalue weighted by molar-refractivity contribution is 5.75. The molecule has 1 unspecified atom stereocenters. The van der Waals surface area contributed by atoms with E-state index in [2.05, 4.69) is 23.0 Å². The maximum Gasteiger partial charge on any atom is 0.325 e. The van der Waals surface area contributed by atoms with E-state index in [1.165, 1.54) is 7.11 Å². The molecule has 1 aromatic rings. The SMILES string of the molecule is CCn1nc(C)cc1CN1CCOCC1C(=O)OC. The lowest BCUT2D eigenvalue weighted by Gasteiger charge is -2.33. The van der Waals surface area contributed by atoms with Gasteiger partial charge >= 0.3 is 5.97 Å². The lowest BCUT2D eigenvalue weighted by atomic mass is 10.2. The van der Waals surface area contributed by atoms with Crippen molar-refractivity contribution in [3.05, 3.63) is 17.5 Å².